The van der Waals surface area contributed by atoms with Crippen molar-refractivity contribution in [2.45, 2.75) is 13.0 Å². The first-order valence-corrected chi connectivity index (χ1v) is 8.48. The Balaban J connectivity index is 1.92. The van der Waals surface area contributed by atoms with E-state index >= 15 is 0 Å². The molecule has 1 unspecified atom stereocenters. The topological polar surface area (TPSA) is 29.9 Å². The van der Waals surface area contributed by atoms with Gasteiger partial charge in [0, 0.05) is 32.1 Å². The van der Waals surface area contributed by atoms with Crippen LogP contribution in [0.25, 0.3) is 5.69 Å². The van der Waals surface area contributed by atoms with Crippen molar-refractivity contribution in [1.29, 1.82) is 0 Å². The second-order valence-electron chi connectivity index (χ2n) is 4.65. The summed E-state index contributed by atoms with van der Waals surface area (Å²) < 4.78 is 2.94. The number of hydrogen-bond acceptors (Lipinski definition) is 3. The molecule has 3 aromatic rings. The number of rotatable bonds is 4. The number of nitrogens with one attached hydrogen (secondary N) is 1. The Morgan fingerprint density at radius 2 is 2.24 bits per heavy atom. The van der Waals surface area contributed by atoms with Crippen LogP contribution in [0.3, 0.4) is 0 Å². The molecule has 108 valence electrons. The minimum absolute atomic E-state index is 0.189. The van der Waals surface area contributed by atoms with Crippen LogP contribution in [0.5, 0.6) is 0 Å². The highest BCUT2D eigenvalue weighted by molar-refractivity contribution is 9.10. The van der Waals surface area contributed by atoms with Gasteiger partial charge in [0.05, 0.1) is 17.4 Å². The third-order valence-electron chi connectivity index (χ3n) is 3.10. The Bertz CT molecular complexity index is 739. The third kappa shape index (κ3) is 3.31. The minimum Gasteiger partial charge on any atom is -0.376 e. The summed E-state index contributed by atoms with van der Waals surface area (Å²) in [6, 6.07) is 9.98. The van der Waals surface area contributed by atoms with Crippen LogP contribution in [0.2, 0.25) is 5.02 Å². The van der Waals surface area contributed by atoms with Gasteiger partial charge in [-0.15, -0.1) is 11.3 Å². The fourth-order valence-corrected chi connectivity index (χ4v) is 3.72. The molecule has 3 nitrogen and oxygen atoms in total. The van der Waals surface area contributed by atoms with Crippen LogP contribution in [0.4, 0.5) is 5.69 Å². The number of anilines is 1. The van der Waals surface area contributed by atoms with Gasteiger partial charge >= 0.3 is 0 Å². The van der Waals surface area contributed by atoms with Gasteiger partial charge in [0.1, 0.15) is 0 Å². The molecular weight excluding hydrogens is 370 g/mol. The summed E-state index contributed by atoms with van der Waals surface area (Å²) in [5.41, 5.74) is 1.94. The maximum atomic E-state index is 6.14. The number of nitrogens with zero attached hydrogens (tertiary/aromatic N) is 2. The smallest absolute Gasteiger partial charge is 0.0878 e. The molecule has 0 saturated heterocycles. The molecule has 0 radical (unpaired) electrons. The Hall–Kier alpha value is -1.30. The highest BCUT2D eigenvalue weighted by Gasteiger charge is 2.12. The second-order valence-corrected chi connectivity index (χ2v) is 6.94. The van der Waals surface area contributed by atoms with E-state index < -0.39 is 0 Å². The molecule has 0 saturated carbocycles. The average Bonchev–Trinajstić information content (AvgIpc) is 3.10. The van der Waals surface area contributed by atoms with E-state index in [4.69, 9.17) is 11.6 Å². The van der Waals surface area contributed by atoms with E-state index in [9.17, 15) is 0 Å². The fourth-order valence-electron chi connectivity index (χ4n) is 2.09. The predicted molar refractivity (Wildman–Crippen MR) is 92.6 cm³/mol. The van der Waals surface area contributed by atoms with Crippen LogP contribution in [-0.4, -0.2) is 9.78 Å². The van der Waals surface area contributed by atoms with Gasteiger partial charge in [-0.2, -0.15) is 5.10 Å². The highest BCUT2D eigenvalue weighted by Crippen LogP contribution is 2.31. The van der Waals surface area contributed by atoms with Gasteiger partial charge in [-0.1, -0.05) is 11.6 Å². The zero-order chi connectivity index (χ0) is 14.8. The Morgan fingerprint density at radius 1 is 1.38 bits per heavy atom. The second kappa shape index (κ2) is 6.22. The van der Waals surface area contributed by atoms with Crippen LogP contribution >= 0.6 is 38.9 Å². The van der Waals surface area contributed by atoms with Crippen LogP contribution < -0.4 is 5.32 Å². The minimum atomic E-state index is 0.189. The molecule has 0 amide bonds. The normalized spacial score (nSPS) is 12.3. The summed E-state index contributed by atoms with van der Waals surface area (Å²) in [5, 5.41) is 10.6. The number of aromatic nitrogens is 2. The standard InChI is InChI=1S/C15H13BrClN3S/c1-10(15-7-11(16)9-21-15)19-13-8-12(17)3-4-14(13)20-6-2-5-18-20/h2-10,19H,1H3. The van der Waals surface area contributed by atoms with Gasteiger partial charge in [0.15, 0.2) is 0 Å². The Morgan fingerprint density at radius 3 is 2.90 bits per heavy atom. The molecule has 2 heterocycles. The molecule has 0 spiro atoms. The van der Waals surface area contributed by atoms with Crippen LogP contribution in [0, 0.1) is 0 Å². The predicted octanol–water partition coefficient (Wildman–Crippen LogP) is 5.52. The van der Waals surface area contributed by atoms with Gasteiger partial charge in [-0.25, -0.2) is 4.68 Å². The third-order valence-corrected chi connectivity index (χ3v) is 5.21. The summed E-state index contributed by atoms with van der Waals surface area (Å²) in [6.45, 7) is 2.13. The highest BCUT2D eigenvalue weighted by atomic mass is 79.9. The zero-order valence-electron chi connectivity index (χ0n) is 11.3. The SMILES string of the molecule is CC(Nc1cc(Cl)ccc1-n1cccn1)c1cc(Br)cs1. The lowest BCUT2D eigenvalue weighted by Crippen LogP contribution is -2.08. The number of halogens is 2. The van der Waals surface area contributed by atoms with E-state index in [2.05, 4.69) is 44.7 Å². The summed E-state index contributed by atoms with van der Waals surface area (Å²) in [4.78, 5) is 1.26. The van der Waals surface area contributed by atoms with Crippen molar-refractivity contribution in [2.75, 3.05) is 5.32 Å². The van der Waals surface area contributed by atoms with Crippen LogP contribution in [0.15, 0.2) is 52.6 Å². The molecule has 21 heavy (non-hydrogen) atoms. The first kappa shape index (κ1) is 14.6. The molecule has 1 N–H and O–H groups in total. The van der Waals surface area contributed by atoms with Crippen molar-refractivity contribution in [3.63, 3.8) is 0 Å². The van der Waals surface area contributed by atoms with Crippen molar-refractivity contribution in [1.82, 2.24) is 9.78 Å². The maximum absolute atomic E-state index is 6.14. The van der Waals surface area contributed by atoms with Crippen molar-refractivity contribution >= 4 is 44.6 Å². The van der Waals surface area contributed by atoms with Crippen molar-refractivity contribution in [3.05, 3.63) is 62.5 Å². The fraction of sp³-hybridized carbons (Fsp3) is 0.133. The van der Waals surface area contributed by atoms with Crippen LogP contribution in [-0.2, 0) is 0 Å². The van der Waals surface area contributed by atoms with Gasteiger partial charge < -0.3 is 5.32 Å². The Kier molecular flexibility index (Phi) is 4.33. The molecule has 0 aliphatic rings. The van der Waals surface area contributed by atoms with Crippen LogP contribution in [0.1, 0.15) is 17.8 Å². The summed E-state index contributed by atoms with van der Waals surface area (Å²) in [7, 11) is 0. The zero-order valence-corrected chi connectivity index (χ0v) is 14.4. The molecular formula is C15H13BrClN3S. The molecule has 6 heteroatoms. The number of hydrogen-bond donors (Lipinski definition) is 1. The molecule has 2 aromatic heterocycles. The number of thiophene rings is 1. The van der Waals surface area contributed by atoms with Gasteiger partial charge in [0.2, 0.25) is 0 Å². The lowest BCUT2D eigenvalue weighted by Gasteiger charge is -2.17. The first-order valence-electron chi connectivity index (χ1n) is 6.43. The summed E-state index contributed by atoms with van der Waals surface area (Å²) in [5.74, 6) is 0. The molecule has 0 bridgehead atoms. The lowest BCUT2D eigenvalue weighted by molar-refractivity contribution is 0.861. The van der Waals surface area contributed by atoms with E-state index in [0.717, 1.165) is 15.8 Å². The quantitative estimate of drug-likeness (QED) is 0.643. The molecule has 1 atom stereocenters. The maximum Gasteiger partial charge on any atom is 0.0878 e. The van der Waals surface area contributed by atoms with E-state index in [1.54, 1.807) is 17.5 Å². The average molecular weight is 383 g/mol. The molecule has 0 aliphatic heterocycles. The monoisotopic (exact) mass is 381 g/mol. The summed E-state index contributed by atoms with van der Waals surface area (Å²) in [6.07, 6.45) is 3.68. The van der Waals surface area contributed by atoms with E-state index in [-0.39, 0.29) is 6.04 Å². The largest absolute Gasteiger partial charge is 0.376 e. The van der Waals surface area contributed by atoms with Gasteiger partial charge in [0.25, 0.3) is 0 Å². The van der Waals surface area contributed by atoms with E-state index in [1.807, 2.05) is 35.1 Å². The summed E-state index contributed by atoms with van der Waals surface area (Å²) >= 11 is 11.3. The molecule has 1 aromatic carbocycles. The molecule has 0 aliphatic carbocycles. The lowest BCUT2D eigenvalue weighted by atomic mass is 10.2. The van der Waals surface area contributed by atoms with E-state index in [0.29, 0.717) is 5.02 Å². The number of benzene rings is 1. The first-order chi connectivity index (χ1) is 10.1. The molecule has 0 fully saturated rings. The van der Waals surface area contributed by atoms with Gasteiger partial charge in [-0.3, -0.25) is 0 Å². The van der Waals surface area contributed by atoms with Crippen molar-refractivity contribution < 1.29 is 0 Å². The van der Waals surface area contributed by atoms with Crippen molar-refractivity contribution in [3.8, 4) is 5.69 Å². The van der Waals surface area contributed by atoms with E-state index in [1.165, 1.54) is 4.88 Å². The Labute approximate surface area is 140 Å². The van der Waals surface area contributed by atoms with Gasteiger partial charge in [-0.05, 0) is 53.2 Å². The van der Waals surface area contributed by atoms with Crippen molar-refractivity contribution in [2.24, 2.45) is 0 Å². The molecule has 3 rings (SSSR count).